The molecule has 0 bridgehead atoms. The highest BCUT2D eigenvalue weighted by Gasteiger charge is 2.54. The van der Waals surface area contributed by atoms with Crippen molar-refractivity contribution in [3.63, 3.8) is 0 Å². The summed E-state index contributed by atoms with van der Waals surface area (Å²) >= 11 is 1.39. The van der Waals surface area contributed by atoms with Gasteiger partial charge < -0.3 is 90.9 Å². The molecule has 290 valence electrons. The predicted molar refractivity (Wildman–Crippen MR) is 168 cm³/mol. The standard InChI is InChI=1S/C28H50N4O17S/c1-3-29-15(37)10-50-6-4-5-30-28(44)32-25-16(31-11(2)36)19(40)23(14(9-35)45-25)48-27-22(43)24(18(39)13(8-34)47-27)49-26-21(42)20(41)17(38)12(7-33)46-26/h12-14,16-27,33-35,38-43H,3-10H2,1-2H3,(H,29,37)(H,31,36)(H2,30,32,44)/t12-,13-,14-,16-,17+,18+,19-,20+,21-,22-,23-,24+,25?,26-,27+/m1/s1. The summed E-state index contributed by atoms with van der Waals surface area (Å²) in [6, 6.07) is -2.11. The van der Waals surface area contributed by atoms with Crippen LogP contribution in [0.4, 0.5) is 4.79 Å². The lowest BCUT2D eigenvalue weighted by Crippen LogP contribution is -2.70. The Balaban J connectivity index is 1.68. The van der Waals surface area contributed by atoms with Crippen LogP contribution in [0.25, 0.3) is 0 Å². The minimum Gasteiger partial charge on any atom is -0.394 e. The molecule has 3 heterocycles. The van der Waals surface area contributed by atoms with Gasteiger partial charge in [0.05, 0.1) is 25.6 Å². The molecule has 22 heteroatoms. The number of aliphatic hydroxyl groups excluding tert-OH is 9. The van der Waals surface area contributed by atoms with Gasteiger partial charge in [-0.3, -0.25) is 9.59 Å². The molecule has 1 unspecified atom stereocenters. The molecule has 0 aliphatic carbocycles. The van der Waals surface area contributed by atoms with Crippen molar-refractivity contribution in [2.45, 2.75) is 112 Å². The molecule has 0 spiro atoms. The lowest BCUT2D eigenvalue weighted by molar-refractivity contribution is -0.372. The molecule has 3 aliphatic rings. The molecule has 0 aromatic rings. The Morgan fingerprint density at radius 1 is 0.700 bits per heavy atom. The Kier molecular flexibility index (Phi) is 17.2. The van der Waals surface area contributed by atoms with Crippen molar-refractivity contribution < 1.29 is 84.0 Å². The maximum atomic E-state index is 12.7. The number of hydrogen-bond acceptors (Lipinski definition) is 18. The molecule has 0 radical (unpaired) electrons. The van der Waals surface area contributed by atoms with Crippen LogP contribution in [0, 0.1) is 0 Å². The summed E-state index contributed by atoms with van der Waals surface area (Å²) in [4.78, 5) is 36.3. The van der Waals surface area contributed by atoms with Crippen molar-refractivity contribution in [3.8, 4) is 0 Å². The summed E-state index contributed by atoms with van der Waals surface area (Å²) in [5.41, 5.74) is 0. The molecular weight excluding hydrogens is 696 g/mol. The van der Waals surface area contributed by atoms with E-state index in [1.165, 1.54) is 11.8 Å². The van der Waals surface area contributed by atoms with Gasteiger partial charge in [-0.05, 0) is 19.1 Å². The molecular formula is C28H50N4O17S. The minimum absolute atomic E-state index is 0.0995. The summed E-state index contributed by atoms with van der Waals surface area (Å²) in [5, 5.41) is 104. The number of carbonyl (C=O) groups excluding carboxylic acids is 3. The highest BCUT2D eigenvalue weighted by atomic mass is 32.2. The Labute approximate surface area is 291 Å². The molecule has 3 aliphatic heterocycles. The second-order valence-corrected chi connectivity index (χ2v) is 13.0. The number of thioether (sulfide) groups is 1. The number of ether oxygens (including phenoxy) is 5. The summed E-state index contributed by atoms with van der Waals surface area (Å²) in [6.07, 6.45) is -23.1. The number of aliphatic hydroxyl groups is 9. The van der Waals surface area contributed by atoms with Crippen molar-refractivity contribution in [2.75, 3.05) is 44.4 Å². The molecule has 0 aromatic heterocycles. The Morgan fingerprint density at radius 3 is 1.90 bits per heavy atom. The van der Waals surface area contributed by atoms with Crippen molar-refractivity contribution >= 4 is 29.6 Å². The summed E-state index contributed by atoms with van der Waals surface area (Å²) in [6.45, 7) is 1.24. The van der Waals surface area contributed by atoms with Gasteiger partial charge in [0.15, 0.2) is 18.8 Å². The highest BCUT2D eigenvalue weighted by Crippen LogP contribution is 2.32. The summed E-state index contributed by atoms with van der Waals surface area (Å²) in [7, 11) is 0. The molecule has 3 rings (SSSR count). The zero-order chi connectivity index (χ0) is 37.1. The smallest absolute Gasteiger partial charge is 0.316 e. The number of urea groups is 1. The molecule has 3 fully saturated rings. The SMILES string of the molecule is CCNC(=O)CSCCCNC(=O)NC1O[C@H](CO)[C@@H](O[C@@H]2O[C@H](CO)[C@H](O)[C@H](O[C@H]3O[C@H](CO)[C@H](O)[C@H](O)[C@H]3O)[C@H]2O)[C@H](O)[C@H]1NC(C)=O. The summed E-state index contributed by atoms with van der Waals surface area (Å²) in [5.74, 6) is 0.111. The number of hydrogen-bond donors (Lipinski definition) is 13. The lowest BCUT2D eigenvalue weighted by Gasteiger charge is -2.49. The first kappa shape index (κ1) is 42.4. The average Bonchev–Trinajstić information content (AvgIpc) is 3.08. The van der Waals surface area contributed by atoms with Crippen molar-refractivity contribution in [1.29, 1.82) is 0 Å². The van der Waals surface area contributed by atoms with E-state index in [9.17, 15) is 60.3 Å². The van der Waals surface area contributed by atoms with Crippen LogP contribution in [0.3, 0.4) is 0 Å². The third-order valence-electron chi connectivity index (χ3n) is 8.15. The lowest BCUT2D eigenvalue weighted by atomic mass is 9.94. The van der Waals surface area contributed by atoms with Gasteiger partial charge in [0, 0.05) is 20.0 Å². The molecule has 4 amide bonds. The fraction of sp³-hybridized carbons (Fsp3) is 0.893. The van der Waals surface area contributed by atoms with E-state index in [0.717, 1.165) is 6.92 Å². The van der Waals surface area contributed by atoms with Crippen LogP contribution < -0.4 is 21.3 Å². The van der Waals surface area contributed by atoms with Gasteiger partial charge in [-0.25, -0.2) is 4.79 Å². The number of rotatable bonds is 16. The van der Waals surface area contributed by atoms with Crippen LogP contribution in [0.2, 0.25) is 0 Å². The van der Waals surface area contributed by atoms with E-state index in [-0.39, 0.29) is 18.2 Å². The first-order chi connectivity index (χ1) is 23.8. The zero-order valence-corrected chi connectivity index (χ0v) is 28.3. The molecule has 0 aromatic carbocycles. The first-order valence-corrected chi connectivity index (χ1v) is 17.3. The molecule has 0 saturated carbocycles. The van der Waals surface area contributed by atoms with E-state index in [1.54, 1.807) is 0 Å². The average molecular weight is 747 g/mol. The normalized spacial score (nSPS) is 39.0. The molecule has 50 heavy (non-hydrogen) atoms. The van der Waals surface area contributed by atoms with Crippen LogP contribution in [-0.2, 0) is 33.3 Å². The van der Waals surface area contributed by atoms with Gasteiger partial charge in [0.1, 0.15) is 73.2 Å². The Hall–Kier alpha value is -2.00. The largest absolute Gasteiger partial charge is 0.394 e. The number of amides is 4. The maximum absolute atomic E-state index is 12.7. The number of carbonyl (C=O) groups is 3. The molecule has 13 N–H and O–H groups in total. The maximum Gasteiger partial charge on any atom is 0.316 e. The predicted octanol–water partition coefficient (Wildman–Crippen LogP) is -6.86. The van der Waals surface area contributed by atoms with E-state index in [1.807, 2.05) is 6.92 Å². The summed E-state index contributed by atoms with van der Waals surface area (Å²) < 4.78 is 28.0. The van der Waals surface area contributed by atoms with Crippen molar-refractivity contribution in [3.05, 3.63) is 0 Å². The van der Waals surface area contributed by atoms with Gasteiger partial charge in [0.2, 0.25) is 11.8 Å². The van der Waals surface area contributed by atoms with Gasteiger partial charge >= 0.3 is 6.03 Å². The van der Waals surface area contributed by atoms with E-state index in [4.69, 9.17) is 23.7 Å². The number of nitrogens with one attached hydrogen (secondary N) is 4. The Morgan fingerprint density at radius 2 is 1.30 bits per heavy atom. The molecule has 21 nitrogen and oxygen atoms in total. The second kappa shape index (κ2) is 20.3. The van der Waals surface area contributed by atoms with Gasteiger partial charge in [0.25, 0.3) is 0 Å². The van der Waals surface area contributed by atoms with E-state index in [2.05, 4.69) is 21.3 Å². The van der Waals surface area contributed by atoms with Crippen molar-refractivity contribution in [2.24, 2.45) is 0 Å². The highest BCUT2D eigenvalue weighted by molar-refractivity contribution is 7.99. The third-order valence-corrected chi connectivity index (χ3v) is 9.20. The molecule has 15 atom stereocenters. The monoisotopic (exact) mass is 746 g/mol. The van der Waals surface area contributed by atoms with Gasteiger partial charge in [-0.2, -0.15) is 11.8 Å². The third kappa shape index (κ3) is 11.0. The second-order valence-electron chi connectivity index (χ2n) is 11.9. The van der Waals surface area contributed by atoms with E-state index >= 15 is 0 Å². The van der Waals surface area contributed by atoms with Crippen LogP contribution in [0.1, 0.15) is 20.3 Å². The zero-order valence-electron chi connectivity index (χ0n) is 27.5. The molecule has 3 saturated heterocycles. The van der Waals surface area contributed by atoms with Crippen molar-refractivity contribution in [1.82, 2.24) is 21.3 Å². The fourth-order valence-electron chi connectivity index (χ4n) is 5.57. The first-order valence-electron chi connectivity index (χ1n) is 16.1. The van der Waals surface area contributed by atoms with Gasteiger partial charge in [-0.15, -0.1) is 0 Å². The quantitative estimate of drug-likeness (QED) is 0.0653. The van der Waals surface area contributed by atoms with Gasteiger partial charge in [-0.1, -0.05) is 0 Å². The van der Waals surface area contributed by atoms with E-state index < -0.39 is 124 Å². The van der Waals surface area contributed by atoms with E-state index in [0.29, 0.717) is 18.7 Å². The topological polar surface area (TPSA) is 328 Å². The van der Waals surface area contributed by atoms with Crippen LogP contribution >= 0.6 is 11.8 Å². The Bertz CT molecular complexity index is 1080. The fourth-order valence-corrected chi connectivity index (χ4v) is 6.35. The minimum atomic E-state index is -1.97. The van der Waals surface area contributed by atoms with Crippen LogP contribution in [0.15, 0.2) is 0 Å². The van der Waals surface area contributed by atoms with Crippen LogP contribution in [-0.4, -0.2) is 200 Å². The van der Waals surface area contributed by atoms with Crippen LogP contribution in [0.5, 0.6) is 0 Å².